The number of carbonyl (C=O) groups is 2. The molecule has 6 nitrogen and oxygen atoms in total. The summed E-state index contributed by atoms with van der Waals surface area (Å²) >= 11 is 0. The number of carboxylic acid groups (broad SMARTS) is 1. The first-order valence-electron chi connectivity index (χ1n) is 8.37. The number of nitrogens with zero attached hydrogens (tertiary/aromatic N) is 1. The minimum absolute atomic E-state index is 0.0205. The lowest BCUT2D eigenvalue weighted by Gasteiger charge is -2.18. The van der Waals surface area contributed by atoms with Gasteiger partial charge >= 0.3 is 5.97 Å². The van der Waals surface area contributed by atoms with E-state index in [-0.39, 0.29) is 19.1 Å². The summed E-state index contributed by atoms with van der Waals surface area (Å²) in [6.45, 7) is 2.07. The van der Waals surface area contributed by atoms with Crippen LogP contribution < -0.4 is 9.47 Å². The molecule has 0 heterocycles. The SMILES string of the molecule is CCc1ccccc1OCC(=O)N(C)Cc1ccc(OCC(=O)O)cc1. The van der Waals surface area contributed by atoms with Crippen LogP contribution in [0.25, 0.3) is 0 Å². The lowest BCUT2D eigenvalue weighted by atomic mass is 10.1. The fourth-order valence-corrected chi connectivity index (χ4v) is 2.38. The van der Waals surface area contributed by atoms with Gasteiger partial charge in [-0.15, -0.1) is 0 Å². The van der Waals surface area contributed by atoms with Crippen molar-refractivity contribution < 1.29 is 24.2 Å². The van der Waals surface area contributed by atoms with Crippen molar-refractivity contribution in [3.05, 3.63) is 59.7 Å². The molecule has 0 atom stereocenters. The molecule has 0 aliphatic heterocycles. The third-order valence-electron chi connectivity index (χ3n) is 3.84. The standard InChI is InChI=1S/C20H23NO5/c1-3-16-6-4-5-7-18(16)26-13-19(22)21(2)12-15-8-10-17(11-9-15)25-14-20(23)24/h4-11H,3,12-14H2,1-2H3,(H,23,24). The molecule has 0 bridgehead atoms. The summed E-state index contributed by atoms with van der Waals surface area (Å²) in [5.74, 6) is 0.0625. The van der Waals surface area contributed by atoms with E-state index in [1.165, 1.54) is 0 Å². The zero-order valence-corrected chi connectivity index (χ0v) is 15.0. The van der Waals surface area contributed by atoms with Gasteiger partial charge in [0, 0.05) is 13.6 Å². The molecule has 26 heavy (non-hydrogen) atoms. The van der Waals surface area contributed by atoms with Gasteiger partial charge in [0.25, 0.3) is 5.91 Å². The Morgan fingerprint density at radius 3 is 2.35 bits per heavy atom. The maximum atomic E-state index is 12.3. The number of para-hydroxylation sites is 1. The highest BCUT2D eigenvalue weighted by Gasteiger charge is 2.11. The van der Waals surface area contributed by atoms with E-state index in [1.807, 2.05) is 31.2 Å². The highest BCUT2D eigenvalue weighted by atomic mass is 16.5. The van der Waals surface area contributed by atoms with Crippen molar-refractivity contribution in [2.45, 2.75) is 19.9 Å². The van der Waals surface area contributed by atoms with E-state index in [0.29, 0.717) is 12.3 Å². The van der Waals surface area contributed by atoms with Gasteiger partial charge in [-0.25, -0.2) is 4.79 Å². The summed E-state index contributed by atoms with van der Waals surface area (Å²) in [7, 11) is 1.71. The fourth-order valence-electron chi connectivity index (χ4n) is 2.38. The normalized spacial score (nSPS) is 10.2. The molecule has 2 aromatic carbocycles. The third-order valence-corrected chi connectivity index (χ3v) is 3.84. The van der Waals surface area contributed by atoms with Gasteiger partial charge in [0.1, 0.15) is 11.5 Å². The Hall–Kier alpha value is -3.02. The minimum Gasteiger partial charge on any atom is -0.483 e. The van der Waals surface area contributed by atoms with Gasteiger partial charge in [-0.3, -0.25) is 4.79 Å². The smallest absolute Gasteiger partial charge is 0.341 e. The summed E-state index contributed by atoms with van der Waals surface area (Å²) in [5.41, 5.74) is 1.98. The number of rotatable bonds is 9. The number of amides is 1. The van der Waals surface area contributed by atoms with Gasteiger partial charge in [-0.2, -0.15) is 0 Å². The zero-order chi connectivity index (χ0) is 18.9. The van der Waals surface area contributed by atoms with Crippen molar-refractivity contribution in [1.29, 1.82) is 0 Å². The number of aliphatic carboxylic acids is 1. The second-order valence-electron chi connectivity index (χ2n) is 5.83. The molecule has 0 fully saturated rings. The minimum atomic E-state index is -1.02. The number of hydrogen-bond donors (Lipinski definition) is 1. The number of aryl methyl sites for hydroxylation is 1. The van der Waals surface area contributed by atoms with Crippen LogP contribution in [0.2, 0.25) is 0 Å². The van der Waals surface area contributed by atoms with Crippen LogP contribution in [0.15, 0.2) is 48.5 Å². The van der Waals surface area contributed by atoms with Crippen molar-refractivity contribution >= 4 is 11.9 Å². The molecule has 1 amide bonds. The van der Waals surface area contributed by atoms with Crippen LogP contribution in [0.1, 0.15) is 18.1 Å². The average molecular weight is 357 g/mol. The van der Waals surface area contributed by atoms with Crippen molar-refractivity contribution in [2.75, 3.05) is 20.3 Å². The van der Waals surface area contributed by atoms with Crippen LogP contribution in [0.4, 0.5) is 0 Å². The molecule has 0 saturated carbocycles. The molecule has 138 valence electrons. The van der Waals surface area contributed by atoms with Gasteiger partial charge in [-0.1, -0.05) is 37.3 Å². The second kappa shape index (κ2) is 9.46. The van der Waals surface area contributed by atoms with Crippen LogP contribution in [0, 0.1) is 0 Å². The van der Waals surface area contributed by atoms with Crippen LogP contribution in [0.5, 0.6) is 11.5 Å². The summed E-state index contributed by atoms with van der Waals surface area (Å²) in [6, 6.07) is 14.6. The van der Waals surface area contributed by atoms with Gasteiger partial charge in [-0.05, 0) is 35.7 Å². The zero-order valence-electron chi connectivity index (χ0n) is 15.0. The van der Waals surface area contributed by atoms with E-state index in [4.69, 9.17) is 14.6 Å². The Morgan fingerprint density at radius 1 is 1.00 bits per heavy atom. The Kier molecular flexibility index (Phi) is 7.02. The number of likely N-dealkylation sites (N-methyl/N-ethyl adjacent to an activating group) is 1. The van der Waals surface area contributed by atoms with Crippen LogP contribution >= 0.6 is 0 Å². The molecule has 1 N–H and O–H groups in total. The number of hydrogen-bond acceptors (Lipinski definition) is 4. The molecular weight excluding hydrogens is 334 g/mol. The van der Waals surface area contributed by atoms with E-state index < -0.39 is 5.97 Å². The number of ether oxygens (including phenoxy) is 2. The second-order valence-corrected chi connectivity index (χ2v) is 5.83. The molecular formula is C20H23NO5. The monoisotopic (exact) mass is 357 g/mol. The summed E-state index contributed by atoms with van der Waals surface area (Å²) in [5, 5.41) is 8.59. The molecule has 0 spiro atoms. The molecule has 2 rings (SSSR count). The Bertz CT molecular complexity index is 742. The Balaban J connectivity index is 1.85. The maximum Gasteiger partial charge on any atom is 0.341 e. The van der Waals surface area contributed by atoms with Crippen molar-refractivity contribution in [3.8, 4) is 11.5 Å². The fraction of sp³-hybridized carbons (Fsp3) is 0.300. The summed E-state index contributed by atoms with van der Waals surface area (Å²) in [4.78, 5) is 24.3. The molecule has 0 unspecified atom stereocenters. The van der Waals surface area contributed by atoms with Gasteiger partial charge < -0.3 is 19.5 Å². The number of carboxylic acids is 1. The average Bonchev–Trinajstić information content (AvgIpc) is 2.65. The molecule has 0 aliphatic carbocycles. The van der Waals surface area contributed by atoms with E-state index in [2.05, 4.69) is 0 Å². The van der Waals surface area contributed by atoms with Crippen molar-refractivity contribution in [3.63, 3.8) is 0 Å². The number of benzene rings is 2. The molecule has 0 aliphatic rings. The first-order valence-corrected chi connectivity index (χ1v) is 8.37. The first kappa shape index (κ1) is 19.3. The Morgan fingerprint density at radius 2 is 1.69 bits per heavy atom. The molecule has 0 aromatic heterocycles. The van der Waals surface area contributed by atoms with Crippen molar-refractivity contribution in [2.24, 2.45) is 0 Å². The van der Waals surface area contributed by atoms with Gasteiger partial charge in [0.05, 0.1) is 0 Å². The maximum absolute atomic E-state index is 12.3. The quantitative estimate of drug-likeness (QED) is 0.747. The van der Waals surface area contributed by atoms with E-state index in [1.54, 1.807) is 36.2 Å². The predicted molar refractivity (Wildman–Crippen MR) is 97.4 cm³/mol. The largest absolute Gasteiger partial charge is 0.483 e. The molecule has 0 radical (unpaired) electrons. The number of carbonyl (C=O) groups excluding carboxylic acids is 1. The predicted octanol–water partition coefficient (Wildman–Crippen LogP) is 2.75. The Labute approximate surface area is 153 Å². The van der Waals surface area contributed by atoms with Crippen LogP contribution in [-0.2, 0) is 22.6 Å². The third kappa shape index (κ3) is 5.81. The topological polar surface area (TPSA) is 76.1 Å². The van der Waals surface area contributed by atoms with E-state index >= 15 is 0 Å². The lowest BCUT2D eigenvalue weighted by molar-refractivity contribution is -0.139. The highest BCUT2D eigenvalue weighted by Crippen LogP contribution is 2.18. The van der Waals surface area contributed by atoms with Gasteiger partial charge in [0.15, 0.2) is 13.2 Å². The first-order chi connectivity index (χ1) is 12.5. The molecule has 2 aromatic rings. The van der Waals surface area contributed by atoms with Crippen molar-refractivity contribution in [1.82, 2.24) is 4.90 Å². The summed E-state index contributed by atoms with van der Waals surface area (Å²) in [6.07, 6.45) is 0.844. The van der Waals surface area contributed by atoms with E-state index in [0.717, 1.165) is 23.3 Å². The lowest BCUT2D eigenvalue weighted by Crippen LogP contribution is -2.31. The highest BCUT2D eigenvalue weighted by molar-refractivity contribution is 5.77. The van der Waals surface area contributed by atoms with Crippen LogP contribution in [-0.4, -0.2) is 42.1 Å². The van der Waals surface area contributed by atoms with Crippen LogP contribution in [0.3, 0.4) is 0 Å². The molecule has 0 saturated heterocycles. The van der Waals surface area contributed by atoms with E-state index in [9.17, 15) is 9.59 Å². The molecule has 6 heteroatoms. The summed E-state index contributed by atoms with van der Waals surface area (Å²) < 4.78 is 10.7. The van der Waals surface area contributed by atoms with Gasteiger partial charge in [0.2, 0.25) is 0 Å².